The van der Waals surface area contributed by atoms with E-state index in [2.05, 4.69) is 61.4 Å². The van der Waals surface area contributed by atoms with Crippen molar-refractivity contribution < 1.29 is 0 Å². The molecule has 2 aromatic rings. The Morgan fingerprint density at radius 1 is 1.38 bits per heavy atom. The fraction of sp³-hybridized carbons (Fsp3) is 0.471. The van der Waals surface area contributed by atoms with Crippen molar-refractivity contribution >= 4 is 0 Å². The van der Waals surface area contributed by atoms with Crippen LogP contribution in [0.1, 0.15) is 36.1 Å². The molecule has 0 radical (unpaired) electrons. The highest BCUT2D eigenvalue weighted by Crippen LogP contribution is 2.25. The van der Waals surface area contributed by atoms with Gasteiger partial charge in [0.2, 0.25) is 0 Å². The second-order valence-electron chi connectivity index (χ2n) is 5.87. The van der Waals surface area contributed by atoms with Crippen LogP contribution in [0, 0.1) is 6.92 Å². The second kappa shape index (κ2) is 6.87. The number of hydrogen-bond acceptors (Lipinski definition) is 3. The summed E-state index contributed by atoms with van der Waals surface area (Å²) in [6, 6.07) is 8.92. The molecule has 4 heteroatoms. The Bertz CT molecular complexity index is 576. The molecule has 1 heterocycles. The van der Waals surface area contributed by atoms with E-state index in [-0.39, 0.29) is 12.1 Å². The molecule has 0 spiro atoms. The highest BCUT2D eigenvalue weighted by atomic mass is 15.2. The molecule has 0 bridgehead atoms. The Kier molecular flexibility index (Phi) is 5.15. The normalized spacial score (nSPS) is 14.4. The van der Waals surface area contributed by atoms with Gasteiger partial charge in [-0.05, 0) is 26.0 Å². The van der Waals surface area contributed by atoms with Crippen molar-refractivity contribution in [1.82, 2.24) is 14.7 Å². The third-order valence-corrected chi connectivity index (χ3v) is 3.93. The predicted molar refractivity (Wildman–Crippen MR) is 86.9 cm³/mol. The van der Waals surface area contributed by atoms with Crippen LogP contribution in [0.15, 0.2) is 36.7 Å². The number of rotatable bonds is 6. The van der Waals surface area contributed by atoms with E-state index in [0.29, 0.717) is 0 Å². The first-order valence-corrected chi connectivity index (χ1v) is 7.51. The standard InChI is InChI=1S/C17H26N4/c1-5-16(18)17(15-10-19-21(4)12-15)20(3)11-14-8-6-7-13(2)9-14/h6-10,12,16-17H,5,11,18H2,1-4H3. The van der Waals surface area contributed by atoms with Crippen molar-refractivity contribution in [3.63, 3.8) is 0 Å². The fourth-order valence-corrected chi connectivity index (χ4v) is 2.84. The van der Waals surface area contributed by atoms with Gasteiger partial charge in [-0.25, -0.2) is 0 Å². The topological polar surface area (TPSA) is 47.1 Å². The molecule has 2 unspecified atom stereocenters. The minimum atomic E-state index is 0.101. The number of nitrogens with zero attached hydrogens (tertiary/aromatic N) is 3. The van der Waals surface area contributed by atoms with Gasteiger partial charge in [0.25, 0.3) is 0 Å². The van der Waals surface area contributed by atoms with E-state index in [9.17, 15) is 0 Å². The van der Waals surface area contributed by atoms with Gasteiger partial charge in [-0.2, -0.15) is 5.10 Å². The summed E-state index contributed by atoms with van der Waals surface area (Å²) in [6.45, 7) is 5.14. The SMILES string of the molecule is CCC(N)C(c1cnn(C)c1)N(C)Cc1cccc(C)c1. The van der Waals surface area contributed by atoms with E-state index in [0.717, 1.165) is 13.0 Å². The van der Waals surface area contributed by atoms with Crippen molar-refractivity contribution in [1.29, 1.82) is 0 Å². The first-order chi connectivity index (χ1) is 10.0. The van der Waals surface area contributed by atoms with Gasteiger partial charge >= 0.3 is 0 Å². The van der Waals surface area contributed by atoms with E-state index in [4.69, 9.17) is 5.73 Å². The average molecular weight is 286 g/mol. The highest BCUT2D eigenvalue weighted by molar-refractivity contribution is 5.23. The molecule has 0 aliphatic carbocycles. The molecule has 0 aliphatic heterocycles. The molecule has 0 amide bonds. The third kappa shape index (κ3) is 3.93. The Morgan fingerprint density at radius 3 is 2.71 bits per heavy atom. The molecule has 4 nitrogen and oxygen atoms in total. The first-order valence-electron chi connectivity index (χ1n) is 7.51. The summed E-state index contributed by atoms with van der Waals surface area (Å²) in [4.78, 5) is 2.32. The van der Waals surface area contributed by atoms with Crippen LogP contribution in [-0.4, -0.2) is 27.8 Å². The number of aryl methyl sites for hydroxylation is 2. The monoisotopic (exact) mass is 286 g/mol. The van der Waals surface area contributed by atoms with Crippen molar-refractivity contribution in [3.05, 3.63) is 53.3 Å². The maximum absolute atomic E-state index is 6.36. The Labute approximate surface area is 127 Å². The summed E-state index contributed by atoms with van der Waals surface area (Å²) in [5, 5.41) is 4.29. The third-order valence-electron chi connectivity index (χ3n) is 3.93. The number of nitrogens with two attached hydrogens (primary N) is 1. The Morgan fingerprint density at radius 2 is 2.14 bits per heavy atom. The van der Waals surface area contributed by atoms with E-state index < -0.39 is 0 Å². The number of benzene rings is 1. The fourth-order valence-electron chi connectivity index (χ4n) is 2.84. The van der Waals surface area contributed by atoms with Gasteiger partial charge in [-0.3, -0.25) is 9.58 Å². The zero-order valence-electron chi connectivity index (χ0n) is 13.5. The van der Waals surface area contributed by atoms with Gasteiger partial charge < -0.3 is 5.73 Å². The van der Waals surface area contributed by atoms with E-state index >= 15 is 0 Å². The Balaban J connectivity index is 2.20. The lowest BCUT2D eigenvalue weighted by atomic mass is 9.99. The molecule has 114 valence electrons. The molecular weight excluding hydrogens is 260 g/mol. The van der Waals surface area contributed by atoms with Gasteiger partial charge in [-0.1, -0.05) is 36.8 Å². The summed E-state index contributed by atoms with van der Waals surface area (Å²) >= 11 is 0. The molecule has 0 aliphatic rings. The summed E-state index contributed by atoms with van der Waals surface area (Å²) in [5.41, 5.74) is 10.2. The van der Waals surface area contributed by atoms with Crippen molar-refractivity contribution in [2.75, 3.05) is 7.05 Å². The van der Waals surface area contributed by atoms with Crippen LogP contribution < -0.4 is 5.73 Å². The van der Waals surface area contributed by atoms with Crippen LogP contribution in [0.5, 0.6) is 0 Å². The molecule has 0 fully saturated rings. The summed E-state index contributed by atoms with van der Waals surface area (Å²) in [6.07, 6.45) is 4.93. The van der Waals surface area contributed by atoms with Gasteiger partial charge in [0, 0.05) is 31.4 Å². The molecule has 2 atom stereocenters. The lowest BCUT2D eigenvalue weighted by Crippen LogP contribution is -2.38. The van der Waals surface area contributed by atoms with Gasteiger partial charge in [0.1, 0.15) is 0 Å². The molecule has 2 N–H and O–H groups in total. The van der Waals surface area contributed by atoms with Crippen molar-refractivity contribution in [2.45, 2.75) is 38.9 Å². The molecule has 1 aromatic heterocycles. The molecule has 1 aromatic carbocycles. The van der Waals surface area contributed by atoms with Gasteiger partial charge in [0.05, 0.1) is 12.2 Å². The number of aromatic nitrogens is 2. The molecule has 0 saturated carbocycles. The average Bonchev–Trinajstić information content (AvgIpc) is 2.85. The smallest absolute Gasteiger partial charge is 0.0538 e. The molecule has 0 saturated heterocycles. The van der Waals surface area contributed by atoms with Crippen LogP contribution in [-0.2, 0) is 13.6 Å². The van der Waals surface area contributed by atoms with Crippen LogP contribution >= 0.6 is 0 Å². The van der Waals surface area contributed by atoms with E-state index in [1.54, 1.807) is 0 Å². The predicted octanol–water partition coefficient (Wildman–Crippen LogP) is 2.64. The summed E-state index contributed by atoms with van der Waals surface area (Å²) in [7, 11) is 4.08. The number of likely N-dealkylation sites (N-methyl/N-ethyl adjacent to an activating group) is 1. The quantitative estimate of drug-likeness (QED) is 0.888. The first kappa shape index (κ1) is 15.7. The largest absolute Gasteiger partial charge is 0.326 e. The van der Waals surface area contributed by atoms with Crippen LogP contribution in [0.2, 0.25) is 0 Å². The number of hydrogen-bond donors (Lipinski definition) is 1. The maximum Gasteiger partial charge on any atom is 0.0538 e. The van der Waals surface area contributed by atoms with E-state index in [1.165, 1.54) is 16.7 Å². The molecule has 2 rings (SSSR count). The summed E-state index contributed by atoms with van der Waals surface area (Å²) < 4.78 is 1.84. The zero-order chi connectivity index (χ0) is 15.4. The van der Waals surface area contributed by atoms with E-state index in [1.807, 2.05) is 17.9 Å². The van der Waals surface area contributed by atoms with Crippen LogP contribution in [0.25, 0.3) is 0 Å². The molecular formula is C17H26N4. The van der Waals surface area contributed by atoms with Gasteiger partial charge in [-0.15, -0.1) is 0 Å². The Hall–Kier alpha value is -1.65. The lowest BCUT2D eigenvalue weighted by molar-refractivity contribution is 0.201. The summed E-state index contributed by atoms with van der Waals surface area (Å²) in [5.74, 6) is 0. The second-order valence-corrected chi connectivity index (χ2v) is 5.87. The minimum absolute atomic E-state index is 0.101. The highest BCUT2D eigenvalue weighted by Gasteiger charge is 2.24. The van der Waals surface area contributed by atoms with Crippen LogP contribution in [0.3, 0.4) is 0 Å². The maximum atomic E-state index is 6.36. The van der Waals surface area contributed by atoms with Crippen LogP contribution in [0.4, 0.5) is 0 Å². The lowest BCUT2D eigenvalue weighted by Gasteiger charge is -2.31. The minimum Gasteiger partial charge on any atom is -0.326 e. The van der Waals surface area contributed by atoms with Crippen molar-refractivity contribution in [2.24, 2.45) is 12.8 Å². The zero-order valence-corrected chi connectivity index (χ0v) is 13.5. The molecule has 21 heavy (non-hydrogen) atoms. The van der Waals surface area contributed by atoms with Gasteiger partial charge in [0.15, 0.2) is 0 Å². The van der Waals surface area contributed by atoms with Crippen molar-refractivity contribution in [3.8, 4) is 0 Å².